The molecule has 5 heteroatoms. The molecule has 0 amide bonds. The molecular formula is C14H16N2O2S. The predicted molar refractivity (Wildman–Crippen MR) is 78.2 cm³/mol. The van der Waals surface area contributed by atoms with E-state index < -0.39 is 0 Å². The van der Waals surface area contributed by atoms with Gasteiger partial charge >= 0.3 is 5.97 Å². The normalized spacial score (nSPS) is 10.6. The number of aromatic nitrogens is 1. The Morgan fingerprint density at radius 1 is 1.42 bits per heavy atom. The number of fused-ring (bicyclic) bond motifs is 1. The van der Waals surface area contributed by atoms with E-state index in [2.05, 4.69) is 9.72 Å². The van der Waals surface area contributed by atoms with E-state index in [1.807, 2.05) is 25.1 Å². The van der Waals surface area contributed by atoms with Gasteiger partial charge in [-0.05, 0) is 25.1 Å². The lowest BCUT2D eigenvalue weighted by Crippen LogP contribution is -2.01. The third-order valence-electron chi connectivity index (χ3n) is 2.82. The summed E-state index contributed by atoms with van der Waals surface area (Å²) < 4.78 is 4.63. The number of hydrogen-bond acceptors (Lipinski definition) is 5. The summed E-state index contributed by atoms with van der Waals surface area (Å²) in [6.07, 6.45) is 2.20. The summed E-state index contributed by atoms with van der Waals surface area (Å²) in [5, 5.41) is 2.04. The number of aryl methyl sites for hydroxylation is 1. The largest absolute Gasteiger partial charge is 0.469 e. The summed E-state index contributed by atoms with van der Waals surface area (Å²) in [6, 6.07) is 5.88. The molecule has 0 unspecified atom stereocenters. The summed E-state index contributed by atoms with van der Waals surface area (Å²) in [5.41, 5.74) is 7.62. The van der Waals surface area contributed by atoms with E-state index in [1.54, 1.807) is 18.0 Å². The van der Waals surface area contributed by atoms with Gasteiger partial charge in [-0.1, -0.05) is 0 Å². The predicted octanol–water partition coefficient (Wildman–Crippen LogP) is 2.78. The quantitative estimate of drug-likeness (QED) is 0.528. The Hall–Kier alpha value is -1.75. The Labute approximate surface area is 116 Å². The van der Waals surface area contributed by atoms with E-state index >= 15 is 0 Å². The first-order valence-electron chi connectivity index (χ1n) is 5.96. The summed E-state index contributed by atoms with van der Waals surface area (Å²) in [5.74, 6) is 0.498. The van der Waals surface area contributed by atoms with Crippen LogP contribution in [0, 0.1) is 6.92 Å². The number of benzene rings is 1. The average molecular weight is 276 g/mol. The van der Waals surface area contributed by atoms with E-state index in [-0.39, 0.29) is 5.97 Å². The second kappa shape index (κ2) is 5.93. The molecule has 0 spiro atoms. The van der Waals surface area contributed by atoms with Crippen molar-refractivity contribution in [3.8, 4) is 0 Å². The van der Waals surface area contributed by atoms with Gasteiger partial charge in [0.2, 0.25) is 0 Å². The van der Waals surface area contributed by atoms with Gasteiger partial charge in [-0.3, -0.25) is 9.78 Å². The van der Waals surface area contributed by atoms with Crippen LogP contribution in [0.3, 0.4) is 0 Å². The third kappa shape index (κ3) is 3.17. The van der Waals surface area contributed by atoms with Crippen LogP contribution < -0.4 is 5.73 Å². The molecule has 0 aliphatic rings. The molecule has 0 saturated heterocycles. The molecule has 0 atom stereocenters. The fourth-order valence-electron chi connectivity index (χ4n) is 1.81. The molecule has 19 heavy (non-hydrogen) atoms. The molecule has 0 aliphatic carbocycles. The number of ether oxygens (including phenoxy) is 1. The van der Waals surface area contributed by atoms with Crippen LogP contribution in [0.2, 0.25) is 0 Å². The fourth-order valence-corrected chi connectivity index (χ4v) is 2.79. The van der Waals surface area contributed by atoms with Crippen molar-refractivity contribution in [2.75, 3.05) is 18.6 Å². The van der Waals surface area contributed by atoms with Crippen LogP contribution in [0.1, 0.15) is 12.1 Å². The Balaban J connectivity index is 2.25. The molecule has 0 fully saturated rings. The summed E-state index contributed by atoms with van der Waals surface area (Å²) in [6.45, 7) is 1.95. The zero-order valence-corrected chi connectivity index (χ0v) is 11.8. The zero-order chi connectivity index (χ0) is 13.8. The van der Waals surface area contributed by atoms with Crippen molar-refractivity contribution in [2.24, 2.45) is 0 Å². The smallest absolute Gasteiger partial charge is 0.306 e. The second-order valence-corrected chi connectivity index (χ2v) is 5.34. The molecule has 1 aromatic heterocycles. The van der Waals surface area contributed by atoms with Crippen LogP contribution in [-0.2, 0) is 9.53 Å². The van der Waals surface area contributed by atoms with Gasteiger partial charge < -0.3 is 10.5 Å². The molecule has 0 radical (unpaired) electrons. The first-order valence-corrected chi connectivity index (χ1v) is 6.95. The van der Waals surface area contributed by atoms with Gasteiger partial charge in [0.25, 0.3) is 0 Å². The molecule has 0 saturated carbocycles. The van der Waals surface area contributed by atoms with Gasteiger partial charge in [-0.25, -0.2) is 0 Å². The highest BCUT2D eigenvalue weighted by atomic mass is 32.2. The molecule has 2 N–H and O–H groups in total. The SMILES string of the molecule is COC(=O)CCSc1ccc(N)c2cnc(C)cc12. The van der Waals surface area contributed by atoms with Gasteiger partial charge in [-0.15, -0.1) is 11.8 Å². The minimum atomic E-state index is -0.190. The van der Waals surface area contributed by atoms with Crippen LogP contribution in [-0.4, -0.2) is 23.8 Å². The number of nitrogens with zero attached hydrogens (tertiary/aromatic N) is 1. The van der Waals surface area contributed by atoms with Crippen molar-refractivity contribution in [3.63, 3.8) is 0 Å². The number of carbonyl (C=O) groups is 1. The Morgan fingerprint density at radius 2 is 2.21 bits per heavy atom. The second-order valence-electron chi connectivity index (χ2n) is 4.20. The van der Waals surface area contributed by atoms with E-state index in [4.69, 9.17) is 5.73 Å². The van der Waals surface area contributed by atoms with E-state index in [0.717, 1.165) is 27.0 Å². The van der Waals surface area contributed by atoms with Crippen LogP contribution in [0.4, 0.5) is 5.69 Å². The Bertz CT molecular complexity index is 614. The number of pyridine rings is 1. The Kier molecular flexibility index (Phi) is 4.27. The lowest BCUT2D eigenvalue weighted by Gasteiger charge is -2.08. The molecule has 2 aromatic rings. The number of anilines is 1. The maximum absolute atomic E-state index is 11.1. The van der Waals surface area contributed by atoms with Crippen molar-refractivity contribution in [1.82, 2.24) is 4.98 Å². The topological polar surface area (TPSA) is 65.2 Å². The van der Waals surface area contributed by atoms with E-state index in [9.17, 15) is 4.79 Å². The lowest BCUT2D eigenvalue weighted by atomic mass is 10.1. The zero-order valence-electron chi connectivity index (χ0n) is 11.0. The number of carbonyl (C=O) groups excluding carboxylic acids is 1. The van der Waals surface area contributed by atoms with Crippen molar-refractivity contribution in [2.45, 2.75) is 18.2 Å². The van der Waals surface area contributed by atoms with Gasteiger partial charge in [0, 0.05) is 39.0 Å². The average Bonchev–Trinajstić information content (AvgIpc) is 2.41. The molecule has 100 valence electrons. The summed E-state index contributed by atoms with van der Waals surface area (Å²) >= 11 is 1.63. The van der Waals surface area contributed by atoms with Gasteiger partial charge in [0.15, 0.2) is 0 Å². The summed E-state index contributed by atoms with van der Waals surface area (Å²) in [7, 11) is 1.40. The number of thioether (sulfide) groups is 1. The monoisotopic (exact) mass is 276 g/mol. The number of methoxy groups -OCH3 is 1. The lowest BCUT2D eigenvalue weighted by molar-refractivity contribution is -0.140. The number of esters is 1. The maximum Gasteiger partial charge on any atom is 0.306 e. The van der Waals surface area contributed by atoms with E-state index in [0.29, 0.717) is 12.2 Å². The molecule has 1 heterocycles. The van der Waals surface area contributed by atoms with Crippen LogP contribution in [0.15, 0.2) is 29.3 Å². The van der Waals surface area contributed by atoms with Gasteiger partial charge in [0.1, 0.15) is 0 Å². The van der Waals surface area contributed by atoms with Crippen molar-refractivity contribution in [1.29, 1.82) is 0 Å². The van der Waals surface area contributed by atoms with Crippen LogP contribution in [0.5, 0.6) is 0 Å². The first kappa shape index (κ1) is 13.7. The number of rotatable bonds is 4. The van der Waals surface area contributed by atoms with Crippen LogP contribution in [0.25, 0.3) is 10.8 Å². The molecule has 2 rings (SSSR count). The van der Waals surface area contributed by atoms with E-state index in [1.165, 1.54) is 7.11 Å². The van der Waals surface area contributed by atoms with Crippen LogP contribution >= 0.6 is 11.8 Å². The van der Waals surface area contributed by atoms with Gasteiger partial charge in [-0.2, -0.15) is 0 Å². The standard InChI is InChI=1S/C14H16N2O2S/c1-9-7-10-11(8-16-9)12(15)3-4-13(10)19-6-5-14(17)18-2/h3-4,7-8H,5-6,15H2,1-2H3. The number of nitrogens with two attached hydrogens (primary N) is 1. The highest BCUT2D eigenvalue weighted by Crippen LogP contribution is 2.31. The minimum Gasteiger partial charge on any atom is -0.469 e. The maximum atomic E-state index is 11.1. The molecule has 1 aromatic carbocycles. The highest BCUT2D eigenvalue weighted by molar-refractivity contribution is 7.99. The molecule has 0 bridgehead atoms. The molecule has 0 aliphatic heterocycles. The number of hydrogen-bond donors (Lipinski definition) is 1. The van der Waals surface area contributed by atoms with Crippen molar-refractivity contribution >= 4 is 34.2 Å². The van der Waals surface area contributed by atoms with Crippen molar-refractivity contribution in [3.05, 3.63) is 30.1 Å². The van der Waals surface area contributed by atoms with Crippen molar-refractivity contribution < 1.29 is 9.53 Å². The number of nitrogen functional groups attached to an aromatic ring is 1. The first-order chi connectivity index (χ1) is 9.11. The fraction of sp³-hybridized carbons (Fsp3) is 0.286. The third-order valence-corrected chi connectivity index (χ3v) is 3.90. The summed E-state index contributed by atoms with van der Waals surface area (Å²) in [4.78, 5) is 16.5. The molecular weight excluding hydrogens is 260 g/mol. The Morgan fingerprint density at radius 3 is 2.95 bits per heavy atom. The highest BCUT2D eigenvalue weighted by Gasteiger charge is 2.07. The van der Waals surface area contributed by atoms with Gasteiger partial charge in [0.05, 0.1) is 13.5 Å². The molecule has 4 nitrogen and oxygen atoms in total. The minimum absolute atomic E-state index is 0.190.